The van der Waals surface area contributed by atoms with Gasteiger partial charge in [-0.15, -0.1) is 0 Å². The minimum Gasteiger partial charge on any atom is -0.356 e. The molecule has 0 rings (SSSR count). The highest BCUT2D eigenvalue weighted by atomic mass is 16.1. The number of nitrogens with one attached hydrogen (secondary N) is 1. The number of carbonyl (C=O) groups is 2. The summed E-state index contributed by atoms with van der Waals surface area (Å²) < 4.78 is 0. The smallest absolute Gasteiger partial charge is 0.245 e. The van der Waals surface area contributed by atoms with Gasteiger partial charge in [-0.25, -0.2) is 0 Å². The Kier molecular flexibility index (Phi) is 42.7. The molecule has 0 unspecified atom stereocenters. The average Bonchev–Trinajstić information content (AvgIpc) is 2.64. The fourth-order valence-corrected chi connectivity index (χ4v) is 0.950. The molecule has 0 aliphatic carbocycles. The average molecular weight is 410 g/mol. The van der Waals surface area contributed by atoms with Crippen LogP contribution in [0.4, 0.5) is 0 Å². The van der Waals surface area contributed by atoms with Crippen molar-refractivity contribution in [2.45, 2.75) is 75.7 Å². The van der Waals surface area contributed by atoms with Crippen LogP contribution in [0.15, 0.2) is 53.5 Å². The zero-order chi connectivity index (χ0) is 24.3. The maximum Gasteiger partial charge on any atom is 0.245 e. The summed E-state index contributed by atoms with van der Waals surface area (Å²) in [5, 5.41) is 2.39. The molecule has 0 atom stereocenters. The Morgan fingerprint density at radius 2 is 1.55 bits per heavy atom. The van der Waals surface area contributed by atoms with Gasteiger partial charge in [-0.3, -0.25) is 19.5 Å². The third-order valence-corrected chi connectivity index (χ3v) is 1.88. The Hall–Kier alpha value is -2.43. The van der Waals surface area contributed by atoms with Gasteiger partial charge in [0.1, 0.15) is 0 Å². The van der Waals surface area contributed by atoms with Gasteiger partial charge in [0.15, 0.2) is 0 Å². The Balaban J connectivity index is -0.000000105. The first kappa shape index (κ1) is 37.3. The summed E-state index contributed by atoms with van der Waals surface area (Å²) in [7, 11) is 1.51. The number of rotatable bonds is 6. The van der Waals surface area contributed by atoms with Crippen molar-refractivity contribution in [2.75, 3.05) is 7.05 Å². The zero-order valence-electron chi connectivity index (χ0n) is 20.9. The molecule has 170 valence electrons. The van der Waals surface area contributed by atoms with Gasteiger partial charge in [0.25, 0.3) is 0 Å². The largest absolute Gasteiger partial charge is 0.356 e. The third-order valence-electron chi connectivity index (χ3n) is 1.88. The van der Waals surface area contributed by atoms with Crippen molar-refractivity contribution in [1.29, 1.82) is 0 Å². The molecule has 2 amide bonds. The summed E-state index contributed by atoms with van der Waals surface area (Å²) in [5.41, 5.74) is 1.69. The van der Waals surface area contributed by atoms with Crippen molar-refractivity contribution in [3.63, 3.8) is 0 Å². The Morgan fingerprint density at radius 1 is 1.14 bits per heavy atom. The lowest BCUT2D eigenvalue weighted by atomic mass is 10.3. The molecule has 0 saturated carbocycles. The number of hydrogen-bond acceptors (Lipinski definition) is 3. The molecular formula is C24H47N3O2. The van der Waals surface area contributed by atoms with Gasteiger partial charge in [0.2, 0.25) is 12.3 Å². The number of hydrogen-bond donors (Lipinski definition) is 1. The standard InChI is InChI=1S/C9H13N3O2.C6H10.C4H10.C3H8.C2H6/c1-8(6-10-2)12(7-13)5-4-9(14)11-3;1-4-5-6(2)3;1-4(2)3;1-3-2;1-2/h4-7H,2H2,1,3H3,(H,11,14);4-5H,2H2,1,3H3;4H,1-3H3;3H2,1-2H3;1-2H3/b5-4-,8-6+;5-4-;;;. The monoisotopic (exact) mass is 409 g/mol. The first-order valence-corrected chi connectivity index (χ1v) is 10.1. The number of likely N-dealkylation sites (N-methyl/N-ethyl adjacent to an activating group) is 1. The first-order valence-electron chi connectivity index (χ1n) is 10.1. The van der Waals surface area contributed by atoms with Crippen LogP contribution in [-0.2, 0) is 9.59 Å². The molecule has 0 aromatic rings. The van der Waals surface area contributed by atoms with E-state index in [-0.39, 0.29) is 5.91 Å². The molecule has 0 heterocycles. The number of amides is 2. The SMILES string of the molecule is C=C(C)/C=C\C.C=N/C=C(\C)N(C=O)/C=C\C(=O)NC.CC.CC(C)C.CCC. The molecule has 0 spiro atoms. The van der Waals surface area contributed by atoms with Crippen LogP contribution in [0.3, 0.4) is 0 Å². The van der Waals surface area contributed by atoms with E-state index < -0.39 is 0 Å². The fourth-order valence-electron chi connectivity index (χ4n) is 0.950. The van der Waals surface area contributed by atoms with Gasteiger partial charge in [0, 0.05) is 31.2 Å². The maximum atomic E-state index is 10.8. The Morgan fingerprint density at radius 3 is 1.76 bits per heavy atom. The second-order valence-corrected chi connectivity index (χ2v) is 6.18. The predicted molar refractivity (Wildman–Crippen MR) is 132 cm³/mol. The summed E-state index contributed by atoms with van der Waals surface area (Å²) in [4.78, 5) is 26.1. The summed E-state index contributed by atoms with van der Waals surface area (Å²) in [5.74, 6) is 0.552. The molecule has 0 aliphatic heterocycles. The van der Waals surface area contributed by atoms with Crippen LogP contribution in [0.25, 0.3) is 0 Å². The van der Waals surface area contributed by atoms with Crippen LogP contribution < -0.4 is 5.32 Å². The normalized spacial score (nSPS) is 9.45. The molecular weight excluding hydrogens is 362 g/mol. The molecule has 0 saturated heterocycles. The van der Waals surface area contributed by atoms with Crippen molar-refractivity contribution >= 4 is 19.0 Å². The van der Waals surface area contributed by atoms with Gasteiger partial charge < -0.3 is 5.32 Å². The van der Waals surface area contributed by atoms with Crippen molar-refractivity contribution in [3.8, 4) is 0 Å². The van der Waals surface area contributed by atoms with Gasteiger partial charge in [0.05, 0.1) is 0 Å². The van der Waals surface area contributed by atoms with Crippen molar-refractivity contribution < 1.29 is 9.59 Å². The molecule has 0 aromatic heterocycles. The van der Waals surface area contributed by atoms with E-state index in [2.05, 4.69) is 58.2 Å². The minimum atomic E-state index is -0.281. The quantitative estimate of drug-likeness (QED) is 0.235. The summed E-state index contributed by atoms with van der Waals surface area (Å²) in [6.45, 7) is 27.3. The van der Waals surface area contributed by atoms with E-state index >= 15 is 0 Å². The summed E-state index contributed by atoms with van der Waals surface area (Å²) in [6, 6.07) is 0. The molecule has 5 heteroatoms. The lowest BCUT2D eigenvalue weighted by molar-refractivity contribution is -0.116. The lowest BCUT2D eigenvalue weighted by Gasteiger charge is -2.10. The van der Waals surface area contributed by atoms with E-state index in [1.54, 1.807) is 6.92 Å². The molecule has 29 heavy (non-hydrogen) atoms. The third kappa shape index (κ3) is 51.7. The molecule has 0 fully saturated rings. The topological polar surface area (TPSA) is 61.8 Å². The maximum absolute atomic E-state index is 10.8. The highest BCUT2D eigenvalue weighted by Crippen LogP contribution is 2.00. The van der Waals surface area contributed by atoms with Gasteiger partial charge in [-0.2, -0.15) is 0 Å². The van der Waals surface area contributed by atoms with Crippen LogP contribution in [0, 0.1) is 5.92 Å². The second kappa shape index (κ2) is 33.2. The zero-order valence-corrected chi connectivity index (χ0v) is 20.9. The Labute approximate surface area is 181 Å². The molecule has 0 aromatic carbocycles. The van der Waals surface area contributed by atoms with Crippen LogP contribution >= 0.6 is 0 Å². The number of nitrogens with zero attached hydrogens (tertiary/aromatic N) is 2. The summed E-state index contributed by atoms with van der Waals surface area (Å²) >= 11 is 0. The van der Waals surface area contributed by atoms with E-state index in [9.17, 15) is 9.59 Å². The Bertz CT molecular complexity index is 474. The first-order chi connectivity index (χ1) is 13.6. The van der Waals surface area contributed by atoms with E-state index in [0.717, 1.165) is 11.5 Å². The number of allylic oxidation sites excluding steroid dienone is 4. The molecule has 0 aliphatic rings. The number of carbonyl (C=O) groups excluding carboxylic acids is 2. The van der Waals surface area contributed by atoms with Crippen LogP contribution in [0.2, 0.25) is 0 Å². The highest BCUT2D eigenvalue weighted by Gasteiger charge is 1.99. The number of aliphatic imine (C=N–C) groups is 1. The highest BCUT2D eigenvalue weighted by molar-refractivity contribution is 5.87. The molecule has 5 nitrogen and oxygen atoms in total. The van der Waals surface area contributed by atoms with Crippen LogP contribution in [0.5, 0.6) is 0 Å². The summed E-state index contributed by atoms with van der Waals surface area (Å²) in [6.07, 6.45) is 9.79. The second-order valence-electron chi connectivity index (χ2n) is 6.18. The van der Waals surface area contributed by atoms with Gasteiger partial charge >= 0.3 is 0 Å². The van der Waals surface area contributed by atoms with Crippen LogP contribution in [-0.4, -0.2) is 31.0 Å². The fraction of sp³-hybridized carbons (Fsp3) is 0.542. The van der Waals surface area contributed by atoms with Gasteiger partial charge in [-0.05, 0) is 33.4 Å². The molecule has 1 N–H and O–H groups in total. The minimum absolute atomic E-state index is 0.281. The van der Waals surface area contributed by atoms with E-state index in [1.807, 2.05) is 39.8 Å². The van der Waals surface area contributed by atoms with E-state index in [0.29, 0.717) is 12.1 Å². The van der Waals surface area contributed by atoms with E-state index in [1.165, 1.54) is 36.8 Å². The van der Waals surface area contributed by atoms with Crippen molar-refractivity contribution in [2.24, 2.45) is 10.9 Å². The van der Waals surface area contributed by atoms with Crippen LogP contribution in [0.1, 0.15) is 75.7 Å². The van der Waals surface area contributed by atoms with Crippen molar-refractivity contribution in [3.05, 3.63) is 48.5 Å². The molecule has 0 bridgehead atoms. The van der Waals surface area contributed by atoms with E-state index in [4.69, 9.17) is 0 Å². The van der Waals surface area contributed by atoms with Crippen molar-refractivity contribution in [1.82, 2.24) is 10.2 Å². The van der Waals surface area contributed by atoms with Gasteiger partial charge in [-0.1, -0.05) is 79.2 Å². The molecule has 0 radical (unpaired) electrons. The lowest BCUT2D eigenvalue weighted by Crippen LogP contribution is -2.17. The predicted octanol–water partition coefficient (Wildman–Crippen LogP) is 6.51.